The van der Waals surface area contributed by atoms with Crippen LogP contribution in [0.3, 0.4) is 0 Å². The van der Waals surface area contributed by atoms with Crippen molar-refractivity contribution < 1.29 is 0 Å². The number of para-hydroxylation sites is 5. The highest BCUT2D eigenvalue weighted by Gasteiger charge is 2.23. The average Bonchev–Trinajstić information content (AvgIpc) is 1.59. The van der Waals surface area contributed by atoms with Gasteiger partial charge in [-0.15, -0.1) is 45.3 Å². The van der Waals surface area contributed by atoms with E-state index in [2.05, 4.69) is 540 Å². The Morgan fingerprint density at radius 3 is 0.712 bits per heavy atom. The topological polar surface area (TPSA) is 19.7 Å². The first kappa shape index (κ1) is 85.0. The van der Waals surface area contributed by atoms with Crippen LogP contribution in [0, 0.1) is 0 Å². The van der Waals surface area contributed by atoms with Gasteiger partial charge in [-0.05, 0) is 282 Å². The second-order valence-electron chi connectivity index (χ2n) is 38.0. The molecule has 4 nitrogen and oxygen atoms in total. The summed E-state index contributed by atoms with van der Waals surface area (Å²) in [7, 11) is 0. The van der Waals surface area contributed by atoms with E-state index in [0.717, 1.165) is 0 Å². The Morgan fingerprint density at radius 2 is 0.329 bits per heavy atom. The van der Waals surface area contributed by atoms with Gasteiger partial charge in [-0.2, -0.15) is 0 Å². The molecule has 8 heterocycles. The van der Waals surface area contributed by atoms with Gasteiger partial charge in [-0.1, -0.05) is 328 Å². The Kier molecular flexibility index (Phi) is 20.4. The molecular weight excluding hydrogens is 1840 g/mol. The van der Waals surface area contributed by atoms with Crippen LogP contribution in [0.4, 0.5) is 0 Å². The Bertz CT molecular complexity index is 10900. The normalized spacial score (nSPS) is 11.8. The highest BCUT2D eigenvalue weighted by Crippen LogP contribution is 2.47. The molecule has 0 aliphatic carbocycles. The molecule has 0 unspecified atom stereocenters. The van der Waals surface area contributed by atoms with Gasteiger partial charge in [-0.25, -0.2) is 0 Å². The molecule has 32 rings (SSSR count). The zero-order valence-electron chi connectivity index (χ0n) is 79.1. The molecule has 0 aliphatic heterocycles. The molecule has 8 aromatic heterocycles. The van der Waals surface area contributed by atoms with E-state index < -0.39 is 0 Å². The second kappa shape index (κ2) is 35.1. The van der Waals surface area contributed by atoms with Gasteiger partial charge in [0.1, 0.15) is 0 Å². The fourth-order valence-corrected chi connectivity index (χ4v) is 27.2. The molecule has 24 aromatic carbocycles. The number of hydrogen-bond donors (Lipinski definition) is 0. The maximum Gasteiger partial charge on any atom is 0.0541 e. The van der Waals surface area contributed by atoms with Crippen molar-refractivity contribution in [3.8, 4) is 78.4 Å². The molecule has 0 N–H and O–H groups in total. The third-order valence-electron chi connectivity index (χ3n) is 29.8. The van der Waals surface area contributed by atoms with Crippen LogP contribution in [-0.4, -0.2) is 18.3 Å². The fraction of sp³-hybridized carbons (Fsp3) is 0. The van der Waals surface area contributed by atoms with E-state index in [-0.39, 0.29) is 0 Å². The molecule has 0 saturated carbocycles. The number of rotatable bonds is 9. The molecule has 0 spiro atoms. The SMILES string of the molecule is c1ccc(-c2ccc(-n3c4ccccc4c4cc(-c5ccc6sc7ccccc7c6c5)ccc43)cc2)cc1.c1ccc(-n2c3ccccc3c3cc(-c4ccc5sc6ccccc6c5c4)ccc32)cc1.c1ccc2c(c1)ccc1cc(-n3c4ccccc4c4cc(-c5ccc6sc7ccccc7c6c5)ccc43)ccc12.c1ccc2cc(-n3c4ccccc4c4cc(-c5ccc6sc7ccccc7c6c5)ccc43)ccc2c1. The quantitative estimate of drug-likeness (QED) is 0.128. The van der Waals surface area contributed by atoms with E-state index in [1.807, 2.05) is 45.3 Å². The predicted molar refractivity (Wildman–Crippen MR) is 634 cm³/mol. The van der Waals surface area contributed by atoms with E-state index >= 15 is 0 Å². The van der Waals surface area contributed by atoms with Crippen molar-refractivity contribution in [1.29, 1.82) is 0 Å². The lowest BCUT2D eigenvalue weighted by Crippen LogP contribution is -1.94. The maximum absolute atomic E-state index is 2.42. The molecule has 0 bridgehead atoms. The lowest BCUT2D eigenvalue weighted by Gasteiger charge is -2.11. The van der Waals surface area contributed by atoms with Crippen LogP contribution in [0.2, 0.25) is 0 Å². The zero-order chi connectivity index (χ0) is 96.0. The van der Waals surface area contributed by atoms with Crippen molar-refractivity contribution in [3.05, 3.63) is 522 Å². The molecule has 0 aliphatic rings. The molecule has 0 atom stereocenters. The van der Waals surface area contributed by atoms with Crippen LogP contribution in [0.1, 0.15) is 0 Å². The van der Waals surface area contributed by atoms with Crippen LogP contribution in [0.5, 0.6) is 0 Å². The molecule has 8 heteroatoms. The minimum Gasteiger partial charge on any atom is -0.309 e. The summed E-state index contributed by atoms with van der Waals surface area (Å²) in [5.41, 5.74) is 27.1. The van der Waals surface area contributed by atoms with Gasteiger partial charge in [0.05, 0.1) is 44.1 Å². The van der Waals surface area contributed by atoms with Crippen LogP contribution >= 0.6 is 45.3 Å². The fourth-order valence-electron chi connectivity index (χ4n) is 22.8. The largest absolute Gasteiger partial charge is 0.309 e. The van der Waals surface area contributed by atoms with Gasteiger partial charge in [0.25, 0.3) is 0 Å². The van der Waals surface area contributed by atoms with Crippen LogP contribution < -0.4 is 0 Å². The third kappa shape index (κ3) is 14.5. The maximum atomic E-state index is 2.42. The predicted octanol–water partition coefficient (Wildman–Crippen LogP) is 40.4. The van der Waals surface area contributed by atoms with E-state index in [1.165, 1.54) is 279 Å². The first-order valence-corrected chi connectivity index (χ1v) is 53.0. The van der Waals surface area contributed by atoms with Crippen molar-refractivity contribution in [1.82, 2.24) is 18.3 Å². The molecule has 0 amide bonds. The molecule has 0 saturated heterocycles. The van der Waals surface area contributed by atoms with E-state index in [0.29, 0.717) is 0 Å². The summed E-state index contributed by atoms with van der Waals surface area (Å²) < 4.78 is 20.3. The smallest absolute Gasteiger partial charge is 0.0541 e. The standard InChI is InChI=1S/C38H23NS.C36H23NS.C34H21NS.C30H19NS/c1-2-8-29-24(7-1)13-14-27-21-28(17-18-30(27)29)39-35-11-5-3-9-31(35)33-22-25(15-19-36(33)39)26-16-20-38-34(23-26)32-10-4-6-12-37(32)40-38;1-2-8-24(9-3-1)25-14-18-28(19-15-25)37-33-12-6-4-10-29(33)31-22-26(16-20-34(31)37)27-17-21-36-32(23-27)30-11-5-7-13-35(30)38-36;1-2-8-23-19-26(16-13-22(23)7-1)35-31-11-5-3-9-27(31)29-20-24(14-17-32(29)35)25-15-18-34-30(21-25)28-10-4-6-12-33(28)36-34;1-2-8-22(9-3-1)31-27-12-6-4-10-23(27)25-18-20(14-16-28(25)31)21-15-17-30-26(19-21)24-11-5-7-13-29(24)32-30/h1-23H;1-23H;1-21H;1-19H. The number of nitrogens with zero attached hydrogens (tertiary/aromatic N) is 4. The third-order valence-corrected chi connectivity index (χ3v) is 34.4. The van der Waals surface area contributed by atoms with Crippen molar-refractivity contribution >= 4 is 246 Å². The van der Waals surface area contributed by atoms with Gasteiger partial charge in [-0.3, -0.25) is 0 Å². The van der Waals surface area contributed by atoms with Gasteiger partial charge in [0.2, 0.25) is 0 Å². The van der Waals surface area contributed by atoms with Gasteiger partial charge >= 0.3 is 0 Å². The van der Waals surface area contributed by atoms with Crippen molar-refractivity contribution in [2.75, 3.05) is 0 Å². The minimum absolute atomic E-state index is 1.18. The number of thiophene rings is 4. The summed E-state index contributed by atoms with van der Waals surface area (Å²) in [5.74, 6) is 0. The summed E-state index contributed by atoms with van der Waals surface area (Å²) in [5, 5.41) is 28.6. The van der Waals surface area contributed by atoms with Gasteiger partial charge in [0.15, 0.2) is 0 Å². The second-order valence-corrected chi connectivity index (χ2v) is 42.4. The summed E-state index contributed by atoms with van der Waals surface area (Å²) in [6.07, 6.45) is 0. The summed E-state index contributed by atoms with van der Waals surface area (Å²) in [6, 6.07) is 190. The number of fused-ring (bicyclic) bond motifs is 28. The lowest BCUT2D eigenvalue weighted by atomic mass is 10.0. The van der Waals surface area contributed by atoms with Gasteiger partial charge in [0, 0.05) is 147 Å². The van der Waals surface area contributed by atoms with Crippen molar-refractivity contribution in [2.24, 2.45) is 0 Å². The highest BCUT2D eigenvalue weighted by molar-refractivity contribution is 7.27. The number of aromatic nitrogens is 4. The number of benzene rings is 24. The summed E-state index contributed by atoms with van der Waals surface area (Å²) in [6.45, 7) is 0. The monoisotopic (exact) mass is 1930 g/mol. The zero-order valence-corrected chi connectivity index (χ0v) is 82.3. The molecule has 0 radical (unpaired) electrons. The first-order chi connectivity index (χ1) is 72.3. The molecule has 0 fully saturated rings. The Hall–Kier alpha value is -17.9. The van der Waals surface area contributed by atoms with E-state index in [1.54, 1.807) is 0 Å². The Labute approximate surface area is 856 Å². The average molecular weight is 1930 g/mol. The Morgan fingerprint density at radius 1 is 0.103 bits per heavy atom. The first-order valence-electron chi connectivity index (χ1n) is 49.8. The van der Waals surface area contributed by atoms with Crippen LogP contribution in [0.15, 0.2) is 522 Å². The summed E-state index contributed by atoms with van der Waals surface area (Å²) in [4.78, 5) is 0. The van der Waals surface area contributed by atoms with E-state index in [9.17, 15) is 0 Å². The lowest BCUT2D eigenvalue weighted by molar-refractivity contribution is 1.18. The van der Waals surface area contributed by atoms with Crippen LogP contribution in [0.25, 0.3) is 279 Å². The highest BCUT2D eigenvalue weighted by atomic mass is 32.1. The van der Waals surface area contributed by atoms with Crippen LogP contribution in [-0.2, 0) is 0 Å². The minimum atomic E-state index is 1.18. The summed E-state index contributed by atoms with van der Waals surface area (Å²) >= 11 is 7.47. The van der Waals surface area contributed by atoms with Gasteiger partial charge < -0.3 is 18.3 Å². The molecule has 32 aromatic rings. The van der Waals surface area contributed by atoms with E-state index in [4.69, 9.17) is 0 Å². The van der Waals surface area contributed by atoms with Crippen molar-refractivity contribution in [2.45, 2.75) is 0 Å². The molecule has 682 valence electrons. The molecular formula is C138H86N4S4. The Balaban J connectivity index is 0.0000000924. The number of hydrogen-bond acceptors (Lipinski definition) is 4. The van der Waals surface area contributed by atoms with Crippen molar-refractivity contribution in [3.63, 3.8) is 0 Å². The molecule has 146 heavy (non-hydrogen) atoms.